The summed E-state index contributed by atoms with van der Waals surface area (Å²) >= 11 is 1.56. The summed E-state index contributed by atoms with van der Waals surface area (Å²) in [6, 6.07) is 7.48. The van der Waals surface area contributed by atoms with E-state index in [-0.39, 0.29) is 5.91 Å². The molecule has 1 aromatic carbocycles. The number of nitrogens with zero attached hydrogens (tertiary/aromatic N) is 2. The number of thiophene rings is 1. The van der Waals surface area contributed by atoms with Gasteiger partial charge in [0.25, 0.3) is 0 Å². The predicted molar refractivity (Wildman–Crippen MR) is 103 cm³/mol. The van der Waals surface area contributed by atoms with Gasteiger partial charge in [-0.2, -0.15) is 4.98 Å². The summed E-state index contributed by atoms with van der Waals surface area (Å²) in [4.78, 5) is 17.6. The fourth-order valence-corrected chi connectivity index (χ4v) is 3.24. The third kappa shape index (κ3) is 4.65. The number of carbonyl (C=O) groups is 1. The highest BCUT2D eigenvalue weighted by Crippen LogP contribution is 2.33. The van der Waals surface area contributed by atoms with Crippen LogP contribution in [0.4, 0.5) is 5.69 Å². The summed E-state index contributed by atoms with van der Waals surface area (Å²) in [6.07, 6.45) is 1.52. The van der Waals surface area contributed by atoms with Gasteiger partial charge in [0.2, 0.25) is 17.6 Å². The van der Waals surface area contributed by atoms with Crippen molar-refractivity contribution in [2.75, 3.05) is 19.5 Å². The molecule has 0 saturated heterocycles. The third-order valence-electron chi connectivity index (χ3n) is 4.01. The topological polar surface area (TPSA) is 86.5 Å². The van der Waals surface area contributed by atoms with E-state index < -0.39 is 0 Å². The van der Waals surface area contributed by atoms with Crippen LogP contribution in [0.2, 0.25) is 0 Å². The highest BCUT2D eigenvalue weighted by atomic mass is 32.1. The summed E-state index contributed by atoms with van der Waals surface area (Å²) < 4.78 is 15.8. The molecule has 7 nitrogen and oxygen atoms in total. The fraction of sp³-hybridized carbons (Fsp3) is 0.316. The number of hydrogen-bond acceptors (Lipinski definition) is 7. The lowest BCUT2D eigenvalue weighted by atomic mass is 10.1. The Morgan fingerprint density at radius 2 is 2.04 bits per heavy atom. The SMILES string of the molecule is COc1cc(C)c(NC(=O)CCCc2nc(-c3cccs3)no2)cc1OC. The van der Waals surface area contributed by atoms with Crippen molar-refractivity contribution in [3.05, 3.63) is 41.1 Å². The predicted octanol–water partition coefficient (Wildman–Crippen LogP) is 4.09. The Labute approximate surface area is 161 Å². The van der Waals surface area contributed by atoms with Crippen LogP contribution in [-0.2, 0) is 11.2 Å². The van der Waals surface area contributed by atoms with Gasteiger partial charge >= 0.3 is 0 Å². The van der Waals surface area contributed by atoms with Crippen LogP contribution in [0, 0.1) is 6.92 Å². The van der Waals surface area contributed by atoms with Crippen molar-refractivity contribution in [2.24, 2.45) is 0 Å². The third-order valence-corrected chi connectivity index (χ3v) is 4.87. The molecule has 0 atom stereocenters. The molecule has 0 aliphatic carbocycles. The van der Waals surface area contributed by atoms with Gasteiger partial charge in [-0.1, -0.05) is 11.2 Å². The Kier molecular flexibility index (Phi) is 6.08. The average molecular weight is 387 g/mol. The number of anilines is 1. The maximum atomic E-state index is 12.3. The van der Waals surface area contributed by atoms with Gasteiger partial charge in [-0.3, -0.25) is 4.79 Å². The first-order valence-corrected chi connectivity index (χ1v) is 9.37. The van der Waals surface area contributed by atoms with Crippen molar-refractivity contribution >= 4 is 22.9 Å². The van der Waals surface area contributed by atoms with Gasteiger partial charge in [0, 0.05) is 24.6 Å². The second kappa shape index (κ2) is 8.68. The molecule has 2 heterocycles. The number of rotatable bonds is 8. The van der Waals surface area contributed by atoms with E-state index in [1.165, 1.54) is 0 Å². The van der Waals surface area contributed by atoms with Crippen molar-refractivity contribution in [3.63, 3.8) is 0 Å². The highest BCUT2D eigenvalue weighted by Gasteiger charge is 2.13. The molecule has 0 fully saturated rings. The largest absolute Gasteiger partial charge is 0.493 e. The molecule has 0 saturated carbocycles. The van der Waals surface area contributed by atoms with Crippen LogP contribution in [0.1, 0.15) is 24.3 Å². The Morgan fingerprint density at radius 3 is 2.74 bits per heavy atom. The van der Waals surface area contributed by atoms with Crippen LogP contribution < -0.4 is 14.8 Å². The van der Waals surface area contributed by atoms with Gasteiger partial charge in [-0.15, -0.1) is 11.3 Å². The lowest BCUT2D eigenvalue weighted by Gasteiger charge is -2.13. The van der Waals surface area contributed by atoms with E-state index in [0.717, 1.165) is 10.4 Å². The number of aromatic nitrogens is 2. The van der Waals surface area contributed by atoms with Crippen LogP contribution in [-0.4, -0.2) is 30.3 Å². The van der Waals surface area contributed by atoms with Gasteiger partial charge in [-0.05, 0) is 36.4 Å². The molecule has 0 radical (unpaired) electrons. The summed E-state index contributed by atoms with van der Waals surface area (Å²) in [7, 11) is 3.14. The highest BCUT2D eigenvalue weighted by molar-refractivity contribution is 7.13. The smallest absolute Gasteiger partial charge is 0.226 e. The Morgan fingerprint density at radius 1 is 1.26 bits per heavy atom. The first-order valence-electron chi connectivity index (χ1n) is 8.49. The number of aryl methyl sites for hydroxylation is 2. The standard InChI is InChI=1S/C19H21N3O4S/c1-12-10-14(24-2)15(25-3)11-13(12)20-17(23)7-4-8-18-21-19(22-26-18)16-6-5-9-27-16/h5-6,9-11H,4,7-8H2,1-3H3,(H,20,23). The molecule has 0 spiro atoms. The number of ether oxygens (including phenoxy) is 2. The second-order valence-corrected chi connectivity index (χ2v) is 6.86. The number of carbonyl (C=O) groups excluding carboxylic acids is 1. The molecule has 3 rings (SSSR count). The zero-order valence-electron chi connectivity index (χ0n) is 15.4. The normalized spacial score (nSPS) is 10.6. The van der Waals surface area contributed by atoms with E-state index in [0.29, 0.717) is 48.2 Å². The minimum atomic E-state index is -0.0803. The number of methoxy groups -OCH3 is 2. The van der Waals surface area contributed by atoms with Crippen molar-refractivity contribution in [2.45, 2.75) is 26.2 Å². The Balaban J connectivity index is 1.53. The molecular weight excluding hydrogens is 366 g/mol. The zero-order chi connectivity index (χ0) is 19.2. The molecule has 142 valence electrons. The molecule has 8 heteroatoms. The Bertz CT molecular complexity index is 906. The molecule has 3 aromatic rings. The zero-order valence-corrected chi connectivity index (χ0v) is 16.3. The molecule has 0 bridgehead atoms. The van der Waals surface area contributed by atoms with Gasteiger partial charge in [0.15, 0.2) is 11.5 Å². The van der Waals surface area contributed by atoms with Crippen LogP contribution in [0.3, 0.4) is 0 Å². The number of benzene rings is 1. The molecule has 0 aliphatic heterocycles. The molecule has 1 N–H and O–H groups in total. The van der Waals surface area contributed by atoms with E-state index in [1.54, 1.807) is 31.6 Å². The van der Waals surface area contributed by atoms with Crippen LogP contribution >= 0.6 is 11.3 Å². The maximum Gasteiger partial charge on any atom is 0.226 e. The van der Waals surface area contributed by atoms with Crippen LogP contribution in [0.5, 0.6) is 11.5 Å². The first kappa shape index (κ1) is 18.9. The number of amides is 1. The molecule has 27 heavy (non-hydrogen) atoms. The first-order chi connectivity index (χ1) is 13.1. The van der Waals surface area contributed by atoms with Gasteiger partial charge in [0.1, 0.15) is 0 Å². The Hall–Kier alpha value is -2.87. The molecule has 1 amide bonds. The summed E-state index contributed by atoms with van der Waals surface area (Å²) in [5.41, 5.74) is 1.61. The van der Waals surface area contributed by atoms with Crippen molar-refractivity contribution < 1.29 is 18.8 Å². The fourth-order valence-electron chi connectivity index (χ4n) is 2.59. The summed E-state index contributed by atoms with van der Waals surface area (Å²) in [5, 5.41) is 8.84. The minimum Gasteiger partial charge on any atom is -0.493 e. The van der Waals surface area contributed by atoms with E-state index >= 15 is 0 Å². The molecule has 2 aromatic heterocycles. The summed E-state index contributed by atoms with van der Waals surface area (Å²) in [5.74, 6) is 2.25. The second-order valence-electron chi connectivity index (χ2n) is 5.91. The maximum absolute atomic E-state index is 12.3. The quantitative estimate of drug-likeness (QED) is 0.627. The van der Waals surface area contributed by atoms with Crippen molar-refractivity contribution in [1.82, 2.24) is 10.1 Å². The van der Waals surface area contributed by atoms with E-state index in [4.69, 9.17) is 14.0 Å². The van der Waals surface area contributed by atoms with E-state index in [2.05, 4.69) is 15.5 Å². The van der Waals surface area contributed by atoms with Gasteiger partial charge in [-0.25, -0.2) is 0 Å². The van der Waals surface area contributed by atoms with Gasteiger partial charge < -0.3 is 19.3 Å². The lowest BCUT2D eigenvalue weighted by Crippen LogP contribution is -2.12. The number of hydrogen-bond donors (Lipinski definition) is 1. The number of nitrogens with one attached hydrogen (secondary N) is 1. The molecular formula is C19H21N3O4S. The van der Waals surface area contributed by atoms with E-state index in [1.807, 2.05) is 30.5 Å². The van der Waals surface area contributed by atoms with Gasteiger partial charge in [0.05, 0.1) is 19.1 Å². The van der Waals surface area contributed by atoms with Crippen molar-refractivity contribution in [3.8, 4) is 22.2 Å². The van der Waals surface area contributed by atoms with Crippen LogP contribution in [0.15, 0.2) is 34.2 Å². The molecule has 0 aliphatic rings. The monoisotopic (exact) mass is 387 g/mol. The van der Waals surface area contributed by atoms with Crippen LogP contribution in [0.25, 0.3) is 10.7 Å². The van der Waals surface area contributed by atoms with E-state index in [9.17, 15) is 4.79 Å². The summed E-state index contributed by atoms with van der Waals surface area (Å²) in [6.45, 7) is 1.90. The molecule has 0 unspecified atom stereocenters. The average Bonchev–Trinajstić information content (AvgIpc) is 3.34. The van der Waals surface area contributed by atoms with Crippen molar-refractivity contribution in [1.29, 1.82) is 0 Å². The lowest BCUT2D eigenvalue weighted by molar-refractivity contribution is -0.116. The minimum absolute atomic E-state index is 0.0803.